The molecule has 9 nitrogen and oxygen atoms in total. The number of anilines is 1. The molecule has 0 aromatic heterocycles. The fourth-order valence-electron chi connectivity index (χ4n) is 5.72. The third-order valence-electron chi connectivity index (χ3n) is 7.65. The molecular weight excluding hydrogens is 572 g/mol. The molecule has 1 unspecified atom stereocenters. The lowest BCUT2D eigenvalue weighted by Crippen LogP contribution is -2.46. The van der Waals surface area contributed by atoms with Crippen molar-refractivity contribution in [2.45, 2.75) is 46.6 Å². The summed E-state index contributed by atoms with van der Waals surface area (Å²) in [6.45, 7) is 8.96. The normalized spacial score (nSPS) is 17.4. The number of carbonyl (C=O) groups excluding carboxylic acids is 2. The Morgan fingerprint density at radius 2 is 1.48 bits per heavy atom. The number of para-hydroxylation sites is 3. The van der Waals surface area contributed by atoms with E-state index in [1.807, 2.05) is 25.1 Å². The molecule has 0 bridgehead atoms. The number of allylic oxidation sites excluding steroid dienone is 2. The van der Waals surface area contributed by atoms with Gasteiger partial charge in [-0.3, -0.25) is 4.90 Å². The lowest BCUT2D eigenvalue weighted by molar-refractivity contribution is -0.140. The van der Waals surface area contributed by atoms with Crippen LogP contribution in [0.2, 0.25) is 0 Å². The number of carbonyl (C=O) groups is 2. The second-order valence-electron chi connectivity index (χ2n) is 10.5. The van der Waals surface area contributed by atoms with Crippen molar-refractivity contribution in [3.05, 3.63) is 76.6 Å². The first kappa shape index (κ1) is 32.8. The molecule has 1 fully saturated rings. The monoisotopic (exact) mass is 613 g/mol. The third-order valence-corrected chi connectivity index (χ3v) is 7.65. The first-order valence-electron chi connectivity index (χ1n) is 15.0. The minimum atomic E-state index is -3.09. The molecule has 2 aliphatic rings. The van der Waals surface area contributed by atoms with Crippen molar-refractivity contribution >= 4 is 17.6 Å². The van der Waals surface area contributed by atoms with Crippen molar-refractivity contribution in [2.24, 2.45) is 0 Å². The molecule has 1 saturated heterocycles. The quantitative estimate of drug-likeness (QED) is 0.241. The first-order chi connectivity index (χ1) is 21.2. The minimum absolute atomic E-state index is 0.104. The summed E-state index contributed by atoms with van der Waals surface area (Å²) >= 11 is 0. The van der Waals surface area contributed by atoms with Crippen LogP contribution in [-0.2, 0) is 19.1 Å². The molecule has 238 valence electrons. The fourth-order valence-corrected chi connectivity index (χ4v) is 5.72. The number of piperazine rings is 1. The second kappa shape index (κ2) is 15.6. The van der Waals surface area contributed by atoms with Gasteiger partial charge < -0.3 is 29.2 Å². The molecule has 1 N–H and O–H groups in total. The Labute approximate surface area is 257 Å². The van der Waals surface area contributed by atoms with Gasteiger partial charge in [-0.25, -0.2) is 9.59 Å². The molecule has 44 heavy (non-hydrogen) atoms. The van der Waals surface area contributed by atoms with Gasteiger partial charge in [-0.1, -0.05) is 30.3 Å². The maximum atomic E-state index is 13.6. The van der Waals surface area contributed by atoms with E-state index in [2.05, 4.69) is 21.2 Å². The van der Waals surface area contributed by atoms with Crippen LogP contribution in [0.25, 0.3) is 0 Å². The van der Waals surface area contributed by atoms with Gasteiger partial charge in [-0.15, -0.1) is 0 Å². The molecule has 0 saturated carbocycles. The Bertz CT molecular complexity index is 1370. The van der Waals surface area contributed by atoms with Gasteiger partial charge in [0.05, 0.1) is 42.6 Å². The number of ether oxygens (including phenoxy) is 4. The number of alkyl halides is 2. The number of dihydropyridines is 1. The van der Waals surface area contributed by atoms with E-state index in [0.29, 0.717) is 24.4 Å². The van der Waals surface area contributed by atoms with Gasteiger partial charge in [0.15, 0.2) is 0 Å². The van der Waals surface area contributed by atoms with Crippen molar-refractivity contribution in [3.63, 3.8) is 0 Å². The molecule has 0 spiro atoms. The van der Waals surface area contributed by atoms with Gasteiger partial charge in [0, 0.05) is 49.7 Å². The summed E-state index contributed by atoms with van der Waals surface area (Å²) in [5.74, 6) is -1.57. The summed E-state index contributed by atoms with van der Waals surface area (Å²) in [5.41, 5.74) is 2.53. The molecule has 4 rings (SSSR count). The second-order valence-corrected chi connectivity index (χ2v) is 10.5. The average molecular weight is 614 g/mol. The average Bonchev–Trinajstić information content (AvgIpc) is 3.00. The molecule has 2 aromatic carbocycles. The van der Waals surface area contributed by atoms with Crippen LogP contribution < -0.4 is 19.7 Å². The highest BCUT2D eigenvalue weighted by Gasteiger charge is 2.39. The van der Waals surface area contributed by atoms with Crippen LogP contribution in [0, 0.1) is 0 Å². The van der Waals surface area contributed by atoms with Crippen molar-refractivity contribution < 1.29 is 37.3 Å². The van der Waals surface area contributed by atoms with Crippen molar-refractivity contribution in [2.75, 3.05) is 57.4 Å². The first-order valence-corrected chi connectivity index (χ1v) is 15.0. The standard InChI is InChI=1S/C33H41F2N3O6/c1-5-41-27-15-10-8-13-25(27)38-19-17-37(18-20-38)16-11-21-43-32(40)29-23(4)36-22(3)28(31(39)42-6-2)30(29)24-12-7-9-14-26(24)44-33(34)35/h7-10,12-15,30,33,36H,5-6,11,16-21H2,1-4H3. The van der Waals surface area contributed by atoms with Gasteiger partial charge in [0.1, 0.15) is 11.5 Å². The van der Waals surface area contributed by atoms with E-state index < -0.39 is 24.5 Å². The van der Waals surface area contributed by atoms with Crippen molar-refractivity contribution in [1.82, 2.24) is 10.2 Å². The smallest absolute Gasteiger partial charge is 0.387 e. The van der Waals surface area contributed by atoms with E-state index in [-0.39, 0.29) is 35.7 Å². The lowest BCUT2D eigenvalue weighted by Gasteiger charge is -2.36. The summed E-state index contributed by atoms with van der Waals surface area (Å²) in [4.78, 5) is 31.3. The van der Waals surface area contributed by atoms with Crippen LogP contribution >= 0.6 is 0 Å². The Balaban J connectivity index is 1.42. The number of hydrogen-bond acceptors (Lipinski definition) is 9. The minimum Gasteiger partial charge on any atom is -0.492 e. The van der Waals surface area contributed by atoms with Crippen molar-refractivity contribution in [1.29, 1.82) is 0 Å². The zero-order valence-corrected chi connectivity index (χ0v) is 25.7. The molecule has 0 aliphatic carbocycles. The highest BCUT2D eigenvalue weighted by Crippen LogP contribution is 2.43. The third kappa shape index (κ3) is 7.88. The van der Waals surface area contributed by atoms with Crippen LogP contribution in [0.4, 0.5) is 14.5 Å². The van der Waals surface area contributed by atoms with E-state index in [1.54, 1.807) is 39.0 Å². The van der Waals surface area contributed by atoms with E-state index >= 15 is 0 Å². The summed E-state index contributed by atoms with van der Waals surface area (Å²) in [6, 6.07) is 14.2. The summed E-state index contributed by atoms with van der Waals surface area (Å²) < 4.78 is 48.2. The maximum Gasteiger partial charge on any atom is 0.387 e. The van der Waals surface area contributed by atoms with E-state index in [4.69, 9.17) is 18.9 Å². The van der Waals surface area contributed by atoms with Gasteiger partial charge in [-0.2, -0.15) is 8.78 Å². The highest BCUT2D eigenvalue weighted by molar-refractivity contribution is 6.00. The largest absolute Gasteiger partial charge is 0.492 e. The number of nitrogens with zero attached hydrogens (tertiary/aromatic N) is 2. The molecule has 1 atom stereocenters. The number of halogens is 2. The highest BCUT2D eigenvalue weighted by atomic mass is 19.3. The summed E-state index contributed by atoms with van der Waals surface area (Å²) in [5, 5.41) is 3.08. The Morgan fingerprint density at radius 1 is 0.864 bits per heavy atom. The van der Waals surface area contributed by atoms with Gasteiger partial charge in [0.25, 0.3) is 0 Å². The topological polar surface area (TPSA) is 89.6 Å². The summed E-state index contributed by atoms with van der Waals surface area (Å²) in [6.07, 6.45) is 0.608. The number of benzene rings is 2. The summed E-state index contributed by atoms with van der Waals surface area (Å²) in [7, 11) is 0. The Hall–Kier alpha value is -4.12. The molecular formula is C33H41F2N3O6. The zero-order chi connectivity index (χ0) is 31.6. The maximum absolute atomic E-state index is 13.6. The molecule has 0 amide bonds. The molecule has 0 radical (unpaired) electrons. The van der Waals surface area contributed by atoms with Crippen LogP contribution in [0.5, 0.6) is 11.5 Å². The fraction of sp³-hybridized carbons (Fsp3) is 0.455. The van der Waals surface area contributed by atoms with Crippen molar-refractivity contribution in [3.8, 4) is 11.5 Å². The zero-order valence-electron chi connectivity index (χ0n) is 25.7. The van der Waals surface area contributed by atoms with E-state index in [0.717, 1.165) is 44.2 Å². The molecule has 2 heterocycles. The van der Waals surface area contributed by atoms with Crippen LogP contribution in [0.3, 0.4) is 0 Å². The number of hydrogen-bond donors (Lipinski definition) is 1. The number of esters is 2. The predicted octanol–water partition coefficient (Wildman–Crippen LogP) is 5.24. The van der Waals surface area contributed by atoms with E-state index in [1.165, 1.54) is 6.07 Å². The Morgan fingerprint density at radius 3 is 2.11 bits per heavy atom. The number of nitrogens with one attached hydrogen (secondary N) is 1. The van der Waals surface area contributed by atoms with E-state index in [9.17, 15) is 18.4 Å². The van der Waals surface area contributed by atoms with Gasteiger partial charge >= 0.3 is 18.6 Å². The number of rotatable bonds is 13. The SMILES string of the molecule is CCOC(=O)C1=C(C)NC(C)=C(C(=O)OCCCN2CCN(c3ccccc3OCC)CC2)C1c1ccccc1OC(F)F. The Kier molecular flexibility index (Phi) is 11.6. The van der Waals surface area contributed by atoms with Gasteiger partial charge in [0.2, 0.25) is 0 Å². The van der Waals surface area contributed by atoms with Crippen LogP contribution in [-0.4, -0.2) is 76.0 Å². The molecule has 2 aliphatic heterocycles. The molecule has 2 aromatic rings. The predicted molar refractivity (Wildman–Crippen MR) is 163 cm³/mol. The lowest BCUT2D eigenvalue weighted by atomic mass is 9.80. The van der Waals surface area contributed by atoms with Crippen LogP contribution in [0.15, 0.2) is 71.1 Å². The molecule has 11 heteroatoms. The van der Waals surface area contributed by atoms with Gasteiger partial charge in [-0.05, 0) is 52.3 Å². The van der Waals surface area contributed by atoms with Crippen LogP contribution in [0.1, 0.15) is 45.6 Å².